The van der Waals surface area contributed by atoms with Crippen LogP contribution in [0.4, 0.5) is 0 Å². The van der Waals surface area contributed by atoms with Crippen LogP contribution < -0.4 is 0 Å². The summed E-state index contributed by atoms with van der Waals surface area (Å²) < 4.78 is 0. The number of hydrogen-bond acceptors (Lipinski definition) is 3. The molecule has 118 valence electrons. The number of aryl methyl sites for hydroxylation is 1. The maximum Gasteiger partial charge on any atom is 0.0551 e. The van der Waals surface area contributed by atoms with Crippen LogP contribution in [-0.4, -0.2) is 21.9 Å². The third kappa shape index (κ3) is 4.81. The zero-order chi connectivity index (χ0) is 15.9. The molecule has 0 bridgehead atoms. The van der Waals surface area contributed by atoms with Gasteiger partial charge in [0.15, 0.2) is 0 Å². The topological polar surface area (TPSA) is 33.1 Å². The normalized spacial score (nSPS) is 12.4. The van der Waals surface area contributed by atoms with Crippen LogP contribution in [0.1, 0.15) is 18.4 Å². The molecule has 23 heavy (non-hydrogen) atoms. The summed E-state index contributed by atoms with van der Waals surface area (Å²) in [4.78, 5) is 5.37. The van der Waals surface area contributed by atoms with E-state index in [4.69, 9.17) is 0 Å². The van der Waals surface area contributed by atoms with Crippen molar-refractivity contribution < 1.29 is 5.11 Å². The molecule has 1 N–H and O–H groups in total. The van der Waals surface area contributed by atoms with E-state index in [0.29, 0.717) is 0 Å². The Morgan fingerprint density at radius 2 is 1.83 bits per heavy atom. The number of hydrogen-bond donors (Lipinski definition) is 1. The quantitative estimate of drug-likeness (QED) is 0.639. The van der Waals surface area contributed by atoms with Crippen molar-refractivity contribution in [3.63, 3.8) is 0 Å². The summed E-state index contributed by atoms with van der Waals surface area (Å²) in [6, 6.07) is 19.0. The lowest BCUT2D eigenvalue weighted by Crippen LogP contribution is -2.09. The number of aliphatic hydroxyl groups is 1. The van der Waals surface area contributed by atoms with E-state index in [1.54, 1.807) is 6.20 Å². The SMILES string of the molecule is OC(CCSc1ccc2ccccc2c1)CCc1cccnc1. The van der Waals surface area contributed by atoms with E-state index in [0.717, 1.165) is 25.0 Å². The molecule has 0 aliphatic rings. The molecule has 1 unspecified atom stereocenters. The Bertz CT molecular complexity index is 745. The van der Waals surface area contributed by atoms with Crippen LogP contribution in [-0.2, 0) is 6.42 Å². The fourth-order valence-corrected chi connectivity index (χ4v) is 3.59. The van der Waals surface area contributed by atoms with Gasteiger partial charge in [0.25, 0.3) is 0 Å². The molecule has 0 aliphatic heterocycles. The minimum atomic E-state index is -0.247. The summed E-state index contributed by atoms with van der Waals surface area (Å²) in [6.07, 6.45) is 5.90. The standard InChI is InChI=1S/C20H21NOS/c22-19(9-7-16-4-3-12-21-15-16)11-13-23-20-10-8-17-5-1-2-6-18(17)14-20/h1-6,8,10,12,14-15,19,22H,7,9,11,13H2. The fourth-order valence-electron chi connectivity index (χ4n) is 2.59. The number of fused-ring (bicyclic) bond motifs is 1. The zero-order valence-electron chi connectivity index (χ0n) is 13.1. The number of pyridine rings is 1. The largest absolute Gasteiger partial charge is 0.393 e. The summed E-state index contributed by atoms with van der Waals surface area (Å²) in [5.41, 5.74) is 1.19. The van der Waals surface area contributed by atoms with E-state index in [-0.39, 0.29) is 6.10 Å². The number of rotatable bonds is 7. The van der Waals surface area contributed by atoms with Crippen molar-refractivity contribution in [2.75, 3.05) is 5.75 Å². The molecule has 3 heteroatoms. The fraction of sp³-hybridized carbons (Fsp3) is 0.250. The summed E-state index contributed by atoms with van der Waals surface area (Å²) in [7, 11) is 0. The monoisotopic (exact) mass is 323 g/mol. The van der Waals surface area contributed by atoms with Gasteiger partial charge in [0.1, 0.15) is 0 Å². The van der Waals surface area contributed by atoms with Crippen LogP contribution in [0.25, 0.3) is 10.8 Å². The van der Waals surface area contributed by atoms with Crippen molar-refractivity contribution in [3.8, 4) is 0 Å². The second-order valence-corrected chi connectivity index (χ2v) is 6.87. The lowest BCUT2D eigenvalue weighted by molar-refractivity contribution is 0.162. The first-order chi connectivity index (χ1) is 11.3. The van der Waals surface area contributed by atoms with Gasteiger partial charge in [0.05, 0.1) is 6.10 Å². The van der Waals surface area contributed by atoms with Gasteiger partial charge in [0, 0.05) is 23.0 Å². The van der Waals surface area contributed by atoms with Gasteiger partial charge < -0.3 is 5.11 Å². The number of benzene rings is 2. The van der Waals surface area contributed by atoms with E-state index in [2.05, 4.69) is 53.5 Å². The number of thioether (sulfide) groups is 1. The average Bonchev–Trinajstić information content (AvgIpc) is 2.61. The highest BCUT2D eigenvalue weighted by molar-refractivity contribution is 7.99. The highest BCUT2D eigenvalue weighted by Gasteiger charge is 2.05. The molecule has 1 aromatic heterocycles. The van der Waals surface area contributed by atoms with E-state index >= 15 is 0 Å². The van der Waals surface area contributed by atoms with Crippen LogP contribution in [0.3, 0.4) is 0 Å². The molecule has 2 aromatic carbocycles. The first kappa shape index (κ1) is 16.0. The minimum Gasteiger partial charge on any atom is -0.393 e. The summed E-state index contributed by atoms with van der Waals surface area (Å²) in [5, 5.41) is 12.7. The number of aliphatic hydroxyl groups excluding tert-OH is 1. The van der Waals surface area contributed by atoms with Crippen molar-refractivity contribution in [2.45, 2.75) is 30.3 Å². The molecule has 2 nitrogen and oxygen atoms in total. The van der Waals surface area contributed by atoms with E-state index in [1.807, 2.05) is 24.0 Å². The molecule has 0 spiro atoms. The molecular weight excluding hydrogens is 302 g/mol. The number of nitrogens with zero attached hydrogens (tertiary/aromatic N) is 1. The first-order valence-corrected chi connectivity index (χ1v) is 8.98. The van der Waals surface area contributed by atoms with Crippen molar-refractivity contribution in [1.29, 1.82) is 0 Å². The van der Waals surface area contributed by atoms with Crippen LogP contribution in [0, 0.1) is 0 Å². The van der Waals surface area contributed by atoms with Gasteiger partial charge >= 0.3 is 0 Å². The molecule has 0 aliphatic carbocycles. The van der Waals surface area contributed by atoms with Crippen LogP contribution in [0.5, 0.6) is 0 Å². The van der Waals surface area contributed by atoms with Gasteiger partial charge in [-0.25, -0.2) is 0 Å². The molecule has 0 saturated carbocycles. The highest BCUT2D eigenvalue weighted by atomic mass is 32.2. The van der Waals surface area contributed by atoms with Gasteiger partial charge in [0.2, 0.25) is 0 Å². The molecule has 1 heterocycles. The Kier molecular flexibility index (Phi) is 5.67. The summed E-state index contributed by atoms with van der Waals surface area (Å²) >= 11 is 1.81. The van der Waals surface area contributed by atoms with Crippen molar-refractivity contribution in [3.05, 3.63) is 72.6 Å². The Hall–Kier alpha value is -1.84. The smallest absolute Gasteiger partial charge is 0.0551 e. The molecule has 0 amide bonds. The third-order valence-electron chi connectivity index (χ3n) is 3.93. The van der Waals surface area contributed by atoms with Gasteiger partial charge in [-0.3, -0.25) is 4.98 Å². The van der Waals surface area contributed by atoms with Gasteiger partial charge in [-0.05, 0) is 53.8 Å². The molecule has 0 saturated heterocycles. The van der Waals surface area contributed by atoms with Crippen molar-refractivity contribution >= 4 is 22.5 Å². The molecule has 3 aromatic rings. The molecule has 0 fully saturated rings. The minimum absolute atomic E-state index is 0.247. The maximum atomic E-state index is 10.1. The van der Waals surface area contributed by atoms with Crippen LogP contribution in [0.15, 0.2) is 71.9 Å². The lowest BCUT2D eigenvalue weighted by atomic mass is 10.1. The second kappa shape index (κ2) is 8.14. The Balaban J connectivity index is 1.44. The molecule has 1 atom stereocenters. The molecule has 3 rings (SSSR count). The van der Waals surface area contributed by atoms with E-state index in [1.165, 1.54) is 21.2 Å². The highest BCUT2D eigenvalue weighted by Crippen LogP contribution is 2.24. The van der Waals surface area contributed by atoms with E-state index < -0.39 is 0 Å². The van der Waals surface area contributed by atoms with Crippen molar-refractivity contribution in [2.24, 2.45) is 0 Å². The lowest BCUT2D eigenvalue weighted by Gasteiger charge is -2.10. The third-order valence-corrected chi connectivity index (χ3v) is 4.96. The van der Waals surface area contributed by atoms with Crippen molar-refractivity contribution in [1.82, 2.24) is 4.98 Å². The van der Waals surface area contributed by atoms with E-state index in [9.17, 15) is 5.11 Å². The van der Waals surface area contributed by atoms with Gasteiger partial charge in [-0.1, -0.05) is 36.4 Å². The Morgan fingerprint density at radius 1 is 0.957 bits per heavy atom. The summed E-state index contributed by atoms with van der Waals surface area (Å²) in [6.45, 7) is 0. The first-order valence-electron chi connectivity index (χ1n) is 8.00. The molecule has 0 radical (unpaired) electrons. The van der Waals surface area contributed by atoms with Gasteiger partial charge in [-0.15, -0.1) is 11.8 Å². The molecular formula is C20H21NOS. The Labute approximate surface area is 141 Å². The second-order valence-electron chi connectivity index (χ2n) is 5.70. The summed E-state index contributed by atoms with van der Waals surface area (Å²) in [5.74, 6) is 0.937. The predicted molar refractivity (Wildman–Crippen MR) is 97.9 cm³/mol. The zero-order valence-corrected chi connectivity index (χ0v) is 13.9. The number of aromatic nitrogens is 1. The Morgan fingerprint density at radius 3 is 2.65 bits per heavy atom. The predicted octanol–water partition coefficient (Wildman–Crippen LogP) is 4.71. The van der Waals surface area contributed by atoms with Gasteiger partial charge in [-0.2, -0.15) is 0 Å². The van der Waals surface area contributed by atoms with Crippen LogP contribution in [0.2, 0.25) is 0 Å². The van der Waals surface area contributed by atoms with Crippen LogP contribution >= 0.6 is 11.8 Å². The average molecular weight is 323 g/mol. The maximum absolute atomic E-state index is 10.1.